The van der Waals surface area contributed by atoms with Gasteiger partial charge in [0.25, 0.3) is 0 Å². The Morgan fingerprint density at radius 2 is 1.89 bits per heavy atom. The van der Waals surface area contributed by atoms with E-state index in [0.29, 0.717) is 37.4 Å². The molecule has 0 aromatic heterocycles. The number of nitrogens with zero attached hydrogens (tertiary/aromatic N) is 1. The number of alkyl carbamates (subject to hydrolysis) is 1. The number of rotatable bonds is 15. The maximum absolute atomic E-state index is 14.2. The first-order valence-electron chi connectivity index (χ1n) is 15.5. The molecule has 0 bridgehead atoms. The highest BCUT2D eigenvalue weighted by molar-refractivity contribution is 7.89. The number of ether oxygens (including phenoxy) is 5. The lowest BCUT2D eigenvalue weighted by atomic mass is 9.87. The maximum atomic E-state index is 14.2. The van der Waals surface area contributed by atoms with Crippen LogP contribution in [0.2, 0.25) is 0 Å². The van der Waals surface area contributed by atoms with Crippen molar-refractivity contribution in [3.63, 3.8) is 0 Å². The molecule has 1 amide bonds. The maximum Gasteiger partial charge on any atom is 0.407 e. The van der Waals surface area contributed by atoms with Gasteiger partial charge in [0.1, 0.15) is 6.10 Å². The number of sulfonamides is 1. The minimum atomic E-state index is -4.13. The Balaban J connectivity index is 1.37. The van der Waals surface area contributed by atoms with E-state index in [1.165, 1.54) is 16.4 Å². The molecule has 2 aromatic carbocycles. The SMILES string of the molecule is CC(C)(CCCCO)CN(C[C@@H](O)[C@H](Cc1ccccc1)NC(=O)O[C@@H]1CO[C@H]2OCC[C@H]21)S(=O)(=O)c1ccc2c(c1)OCO2. The first-order valence-corrected chi connectivity index (χ1v) is 16.9. The second kappa shape index (κ2) is 14.7. The predicted octanol–water partition coefficient (Wildman–Crippen LogP) is 3.05. The minimum Gasteiger partial charge on any atom is -0.454 e. The van der Waals surface area contributed by atoms with Crippen LogP contribution in [-0.4, -0.2) is 93.3 Å². The topological polar surface area (TPSA) is 153 Å². The van der Waals surface area contributed by atoms with Crippen molar-refractivity contribution in [2.45, 2.75) is 75.4 Å². The number of hydrogen-bond donors (Lipinski definition) is 3. The molecule has 5 atom stereocenters. The summed E-state index contributed by atoms with van der Waals surface area (Å²) >= 11 is 0. The van der Waals surface area contributed by atoms with Gasteiger partial charge in [-0.1, -0.05) is 50.6 Å². The zero-order valence-corrected chi connectivity index (χ0v) is 26.6. The molecule has 2 saturated heterocycles. The summed E-state index contributed by atoms with van der Waals surface area (Å²) in [6.07, 6.45) is 0.0635. The molecule has 3 heterocycles. The summed E-state index contributed by atoms with van der Waals surface area (Å²) in [5.74, 6) is 0.734. The minimum absolute atomic E-state index is 0.00347. The fourth-order valence-electron chi connectivity index (χ4n) is 6.06. The lowest BCUT2D eigenvalue weighted by Gasteiger charge is -2.35. The molecule has 3 N–H and O–H groups in total. The van der Waals surface area contributed by atoms with Crippen molar-refractivity contribution < 1.29 is 47.1 Å². The van der Waals surface area contributed by atoms with Crippen LogP contribution in [0.15, 0.2) is 53.4 Å². The molecule has 0 radical (unpaired) electrons. The molecule has 45 heavy (non-hydrogen) atoms. The van der Waals surface area contributed by atoms with Gasteiger partial charge in [-0.15, -0.1) is 0 Å². The number of aliphatic hydroxyl groups excluding tert-OH is 2. The van der Waals surface area contributed by atoms with E-state index in [4.69, 9.17) is 23.7 Å². The number of benzene rings is 2. The van der Waals surface area contributed by atoms with E-state index in [1.807, 2.05) is 44.2 Å². The van der Waals surface area contributed by atoms with Crippen LogP contribution < -0.4 is 14.8 Å². The van der Waals surface area contributed by atoms with Gasteiger partial charge in [-0.25, -0.2) is 13.2 Å². The monoisotopic (exact) mass is 648 g/mol. The summed E-state index contributed by atoms with van der Waals surface area (Å²) < 4.78 is 57.2. The molecule has 248 valence electrons. The highest BCUT2D eigenvalue weighted by atomic mass is 32.2. The molecule has 5 rings (SSSR count). The number of aliphatic hydroxyl groups is 2. The second-order valence-corrected chi connectivity index (χ2v) is 14.6. The number of nitrogens with one attached hydrogen (secondary N) is 1. The van der Waals surface area contributed by atoms with Gasteiger partial charge in [0.05, 0.1) is 36.2 Å². The number of unbranched alkanes of at least 4 members (excludes halogenated alkanes) is 1. The van der Waals surface area contributed by atoms with Crippen molar-refractivity contribution in [1.82, 2.24) is 9.62 Å². The van der Waals surface area contributed by atoms with E-state index in [1.54, 1.807) is 6.07 Å². The Kier molecular flexibility index (Phi) is 10.9. The highest BCUT2D eigenvalue weighted by Gasteiger charge is 2.44. The standard InChI is InChI=1S/C32H44N2O10S/c1-32(2,13-6-7-14-35)20-34(45(38,39)23-10-11-27-28(17-23)43-21-42-27)18-26(36)25(16-22-8-4-3-5-9-22)33-31(37)44-29-19-41-30-24(29)12-15-40-30/h3-5,8-11,17,24-26,29-30,35-36H,6-7,12-16,18-21H2,1-2H3,(H,33,37)/t24-,25-,26+,29+,30+/m0/s1. The smallest absolute Gasteiger partial charge is 0.407 e. The number of fused-ring (bicyclic) bond motifs is 2. The summed E-state index contributed by atoms with van der Waals surface area (Å²) in [5, 5.41) is 23.8. The van der Waals surface area contributed by atoms with Crippen molar-refractivity contribution in [1.29, 1.82) is 0 Å². The van der Waals surface area contributed by atoms with Crippen LogP contribution in [0.4, 0.5) is 4.79 Å². The van der Waals surface area contributed by atoms with E-state index < -0.39 is 39.8 Å². The van der Waals surface area contributed by atoms with Crippen molar-refractivity contribution in [3.8, 4) is 11.5 Å². The fraction of sp³-hybridized carbons (Fsp3) is 0.594. The predicted molar refractivity (Wildman–Crippen MR) is 163 cm³/mol. The van der Waals surface area contributed by atoms with Crippen LogP contribution in [-0.2, 0) is 30.7 Å². The van der Waals surface area contributed by atoms with Crippen molar-refractivity contribution in [2.75, 3.05) is 39.7 Å². The molecule has 3 aliphatic rings. The Morgan fingerprint density at radius 1 is 1.11 bits per heavy atom. The van der Waals surface area contributed by atoms with Gasteiger partial charge in [0.15, 0.2) is 17.8 Å². The Labute approximate surface area is 264 Å². The largest absolute Gasteiger partial charge is 0.454 e. The molecule has 2 aromatic rings. The van der Waals surface area contributed by atoms with Crippen LogP contribution >= 0.6 is 0 Å². The summed E-state index contributed by atoms with van der Waals surface area (Å²) in [6.45, 7) is 4.54. The molecule has 13 heteroatoms. The van der Waals surface area contributed by atoms with E-state index >= 15 is 0 Å². The summed E-state index contributed by atoms with van der Waals surface area (Å²) in [7, 11) is -4.13. The Morgan fingerprint density at radius 3 is 2.67 bits per heavy atom. The van der Waals surface area contributed by atoms with E-state index in [9.17, 15) is 23.4 Å². The van der Waals surface area contributed by atoms with Gasteiger partial charge in [-0.3, -0.25) is 0 Å². The van der Waals surface area contributed by atoms with Crippen LogP contribution in [0.1, 0.15) is 45.1 Å². The molecule has 0 aliphatic carbocycles. The van der Waals surface area contributed by atoms with Crippen LogP contribution in [0.5, 0.6) is 11.5 Å². The van der Waals surface area contributed by atoms with Gasteiger partial charge in [-0.05, 0) is 48.8 Å². The number of carbonyl (C=O) groups is 1. The van der Waals surface area contributed by atoms with Crippen LogP contribution in [0, 0.1) is 11.3 Å². The molecular formula is C32H44N2O10S. The van der Waals surface area contributed by atoms with Crippen molar-refractivity contribution in [2.24, 2.45) is 11.3 Å². The zero-order chi connectivity index (χ0) is 32.0. The quantitative estimate of drug-likeness (QED) is 0.246. The third-order valence-electron chi connectivity index (χ3n) is 8.55. The van der Waals surface area contributed by atoms with Crippen LogP contribution in [0.3, 0.4) is 0 Å². The normalized spacial score (nSPS) is 22.3. The Bertz CT molecular complexity index is 1390. The molecular weight excluding hydrogens is 604 g/mol. The summed E-state index contributed by atoms with van der Waals surface area (Å²) in [4.78, 5) is 13.2. The molecule has 0 unspecified atom stereocenters. The number of hydrogen-bond acceptors (Lipinski definition) is 10. The molecule has 0 spiro atoms. The van der Waals surface area contributed by atoms with E-state index in [0.717, 1.165) is 12.0 Å². The number of amides is 1. The second-order valence-electron chi connectivity index (χ2n) is 12.6. The number of carbonyl (C=O) groups excluding carboxylic acids is 1. The molecule has 12 nitrogen and oxygen atoms in total. The molecule has 0 saturated carbocycles. The molecule has 3 aliphatic heterocycles. The van der Waals surface area contributed by atoms with E-state index in [-0.39, 0.29) is 56.6 Å². The summed E-state index contributed by atoms with van der Waals surface area (Å²) in [5.41, 5.74) is 0.368. The van der Waals surface area contributed by atoms with E-state index in [2.05, 4.69) is 5.32 Å². The average molecular weight is 649 g/mol. The van der Waals surface area contributed by atoms with Gasteiger partial charge >= 0.3 is 6.09 Å². The first kappa shape index (κ1) is 33.4. The average Bonchev–Trinajstić information content (AvgIpc) is 3.75. The van der Waals surface area contributed by atoms with Crippen molar-refractivity contribution in [3.05, 3.63) is 54.1 Å². The van der Waals surface area contributed by atoms with Gasteiger partial charge in [0.2, 0.25) is 16.8 Å². The van der Waals surface area contributed by atoms with Gasteiger partial charge in [0, 0.05) is 25.8 Å². The first-order chi connectivity index (χ1) is 21.6. The van der Waals surface area contributed by atoms with Crippen molar-refractivity contribution >= 4 is 16.1 Å². The third-order valence-corrected chi connectivity index (χ3v) is 10.4. The third kappa shape index (κ3) is 8.46. The van der Waals surface area contributed by atoms with Crippen LogP contribution in [0.25, 0.3) is 0 Å². The lowest BCUT2D eigenvalue weighted by Crippen LogP contribution is -2.52. The fourth-order valence-corrected chi connectivity index (χ4v) is 7.73. The van der Waals surface area contributed by atoms with Gasteiger partial charge < -0.3 is 39.2 Å². The lowest BCUT2D eigenvalue weighted by molar-refractivity contribution is -0.0907. The summed E-state index contributed by atoms with van der Waals surface area (Å²) in [6, 6.07) is 12.9. The highest BCUT2D eigenvalue weighted by Crippen LogP contribution is 2.36. The Hall–Kier alpha value is -2.94. The molecule has 2 fully saturated rings. The van der Waals surface area contributed by atoms with Gasteiger partial charge in [-0.2, -0.15) is 4.31 Å². The zero-order valence-electron chi connectivity index (χ0n) is 25.8.